The van der Waals surface area contributed by atoms with Crippen LogP contribution < -0.4 is 5.32 Å². The van der Waals surface area contributed by atoms with Crippen LogP contribution in [0, 0.1) is 0 Å². The van der Waals surface area contributed by atoms with Gasteiger partial charge in [0.15, 0.2) is 0 Å². The van der Waals surface area contributed by atoms with Crippen molar-refractivity contribution in [3.8, 4) is 5.75 Å². The quantitative estimate of drug-likeness (QED) is 0.219. The maximum absolute atomic E-state index is 14.3. The Labute approximate surface area is 289 Å². The molecule has 2 aromatic heterocycles. The van der Waals surface area contributed by atoms with Crippen molar-refractivity contribution in [3.63, 3.8) is 0 Å². The summed E-state index contributed by atoms with van der Waals surface area (Å²) in [5, 5.41) is 18.0. The first-order valence-corrected chi connectivity index (χ1v) is 17.0. The van der Waals surface area contributed by atoms with Gasteiger partial charge in [-0.25, -0.2) is 15.0 Å². The van der Waals surface area contributed by atoms with E-state index in [1.807, 2.05) is 47.8 Å². The van der Waals surface area contributed by atoms with Crippen LogP contribution in [0.1, 0.15) is 38.6 Å². The average molecular weight is 679 g/mol. The number of carbonyl (C=O) groups is 4. The van der Waals surface area contributed by atoms with E-state index in [-0.39, 0.29) is 74.1 Å². The molecule has 2 fully saturated rings. The second-order valence-electron chi connectivity index (χ2n) is 12.0. The number of phenolic OH excluding ortho intramolecular Hbond substituents is 1. The third kappa shape index (κ3) is 7.87. The predicted molar refractivity (Wildman–Crippen MR) is 185 cm³/mol. The number of aromatic nitrogens is 1. The molecule has 2 saturated heterocycles. The van der Waals surface area contributed by atoms with Crippen molar-refractivity contribution in [2.75, 3.05) is 19.6 Å². The lowest BCUT2D eigenvalue weighted by Crippen LogP contribution is -2.75. The Kier molecular flexibility index (Phi) is 10.5. The summed E-state index contributed by atoms with van der Waals surface area (Å²) >= 11 is 1.55. The third-order valence-electron chi connectivity index (χ3n) is 8.66. The molecule has 2 aromatic carbocycles. The molecule has 2 N–H and O–H groups in total. The number of aryl methyl sites for hydroxylation is 1. The molecule has 11 nitrogen and oxygen atoms in total. The fourth-order valence-corrected chi connectivity index (χ4v) is 6.97. The Bertz CT molecular complexity index is 1800. The minimum absolute atomic E-state index is 0.0534. The topological polar surface area (TPSA) is 126 Å². The molecular weight excluding hydrogens is 641 g/mol. The van der Waals surface area contributed by atoms with E-state index in [4.69, 9.17) is 0 Å². The van der Waals surface area contributed by atoms with Crippen LogP contribution in [-0.2, 0) is 40.3 Å². The number of hydrogen-bond acceptors (Lipinski definition) is 8. The first-order chi connectivity index (χ1) is 23.8. The Morgan fingerprint density at radius 3 is 2.51 bits per heavy atom. The summed E-state index contributed by atoms with van der Waals surface area (Å²) in [6.45, 7) is 4.55. The second kappa shape index (κ2) is 15.3. The zero-order valence-corrected chi connectivity index (χ0v) is 27.8. The van der Waals surface area contributed by atoms with Crippen LogP contribution in [0.5, 0.6) is 5.75 Å². The summed E-state index contributed by atoms with van der Waals surface area (Å²) in [4.78, 5) is 63.9. The van der Waals surface area contributed by atoms with Gasteiger partial charge in [0.25, 0.3) is 5.91 Å². The number of fused-ring (bicyclic) bond motifs is 1. The SMILES string of the molecule is C=CCN1CC(=O)N2[C@@H](Cc3ccc(O)cc3)C(=O)N(Cc3cccc(C(=O)NCc4cccs4)n3)C[C@@H]2N1C(=O)CCc1ccccc1. The zero-order chi connectivity index (χ0) is 34.3. The van der Waals surface area contributed by atoms with Gasteiger partial charge in [0, 0.05) is 24.3 Å². The van der Waals surface area contributed by atoms with Gasteiger partial charge in [0.1, 0.15) is 23.7 Å². The molecule has 0 bridgehead atoms. The van der Waals surface area contributed by atoms with Gasteiger partial charge in [-0.3, -0.25) is 19.2 Å². The summed E-state index contributed by atoms with van der Waals surface area (Å²) in [6, 6.07) is 24.3. The second-order valence-corrected chi connectivity index (χ2v) is 13.1. The minimum atomic E-state index is -0.914. The van der Waals surface area contributed by atoms with Crippen molar-refractivity contribution in [1.82, 2.24) is 30.1 Å². The van der Waals surface area contributed by atoms with E-state index in [1.165, 1.54) is 0 Å². The molecule has 12 heteroatoms. The van der Waals surface area contributed by atoms with Crippen LogP contribution >= 0.6 is 11.3 Å². The van der Waals surface area contributed by atoms with Gasteiger partial charge in [0.2, 0.25) is 17.7 Å². The lowest BCUT2D eigenvalue weighted by Gasteiger charge is -2.55. The molecule has 252 valence electrons. The van der Waals surface area contributed by atoms with Crippen LogP contribution in [0.25, 0.3) is 0 Å². The van der Waals surface area contributed by atoms with E-state index in [0.29, 0.717) is 18.7 Å². The van der Waals surface area contributed by atoms with Crippen molar-refractivity contribution >= 4 is 35.0 Å². The average Bonchev–Trinajstić information content (AvgIpc) is 3.63. The molecular formula is C37H38N6O5S. The maximum Gasteiger partial charge on any atom is 0.270 e. The highest BCUT2D eigenvalue weighted by molar-refractivity contribution is 7.09. The van der Waals surface area contributed by atoms with Gasteiger partial charge in [-0.05, 0) is 53.3 Å². The van der Waals surface area contributed by atoms with Gasteiger partial charge in [-0.15, -0.1) is 17.9 Å². The van der Waals surface area contributed by atoms with Crippen LogP contribution in [0.15, 0.2) is 103 Å². The highest BCUT2D eigenvalue weighted by atomic mass is 32.1. The molecule has 4 amide bonds. The molecule has 2 aliphatic heterocycles. The normalized spacial score (nSPS) is 17.9. The molecule has 4 aromatic rings. The molecule has 2 aliphatic rings. The number of phenols is 1. The first-order valence-electron chi connectivity index (χ1n) is 16.2. The largest absolute Gasteiger partial charge is 0.508 e. The number of pyridine rings is 1. The number of benzene rings is 2. The molecule has 2 atom stereocenters. The zero-order valence-electron chi connectivity index (χ0n) is 27.0. The van der Waals surface area contributed by atoms with Crippen molar-refractivity contribution in [1.29, 1.82) is 0 Å². The standard InChI is InChI=1S/C37H38N6O5S/c1-2-19-41-25-35(46)42-32(21-27-13-16-29(44)17-14-27)37(48)40(24-33(42)43(41)34(45)18-15-26-8-4-3-5-9-26)23-28-10-6-12-31(39-28)36(47)38-22-30-11-7-20-49-30/h2-14,16-17,20,32-33,44H,1,15,18-19,21-25H2,(H,38,47)/t32-,33-/m0/s1. The van der Waals surface area contributed by atoms with E-state index < -0.39 is 12.2 Å². The molecule has 4 heterocycles. The summed E-state index contributed by atoms with van der Waals surface area (Å²) in [6.07, 6.45) is 1.78. The van der Waals surface area contributed by atoms with E-state index in [0.717, 1.165) is 16.0 Å². The Morgan fingerprint density at radius 1 is 0.980 bits per heavy atom. The van der Waals surface area contributed by atoms with Gasteiger partial charge < -0.3 is 20.2 Å². The number of hydrogen-bond donors (Lipinski definition) is 2. The van der Waals surface area contributed by atoms with Crippen molar-refractivity contribution in [3.05, 3.63) is 130 Å². The molecule has 6 rings (SSSR count). The highest BCUT2D eigenvalue weighted by Gasteiger charge is 2.51. The number of amides is 4. The van der Waals surface area contributed by atoms with E-state index in [9.17, 15) is 24.3 Å². The van der Waals surface area contributed by atoms with Crippen LogP contribution in [0.2, 0.25) is 0 Å². The molecule has 0 saturated carbocycles. The number of nitrogens with one attached hydrogen (secondary N) is 1. The van der Waals surface area contributed by atoms with Crippen molar-refractivity contribution in [2.45, 2.75) is 44.6 Å². The summed E-state index contributed by atoms with van der Waals surface area (Å²) < 4.78 is 0. The summed E-state index contributed by atoms with van der Waals surface area (Å²) in [5.74, 6) is -0.967. The number of nitrogens with zero attached hydrogens (tertiary/aromatic N) is 5. The number of aromatic hydroxyl groups is 1. The summed E-state index contributed by atoms with van der Waals surface area (Å²) in [5.41, 5.74) is 2.50. The van der Waals surface area contributed by atoms with Gasteiger partial charge in [0.05, 0.1) is 31.9 Å². The smallest absolute Gasteiger partial charge is 0.270 e. The lowest BCUT2D eigenvalue weighted by molar-refractivity contribution is -0.205. The third-order valence-corrected chi connectivity index (χ3v) is 9.53. The summed E-state index contributed by atoms with van der Waals surface area (Å²) in [7, 11) is 0. The molecule has 49 heavy (non-hydrogen) atoms. The number of carbonyl (C=O) groups excluding carboxylic acids is 4. The van der Waals surface area contributed by atoms with E-state index in [1.54, 1.807) is 79.7 Å². The number of thiophene rings is 1. The van der Waals surface area contributed by atoms with Crippen LogP contribution in [0.4, 0.5) is 0 Å². The maximum atomic E-state index is 14.3. The Balaban J connectivity index is 1.29. The van der Waals surface area contributed by atoms with Crippen molar-refractivity contribution in [2.24, 2.45) is 0 Å². The van der Waals surface area contributed by atoms with Crippen LogP contribution in [-0.4, -0.2) is 85.4 Å². The van der Waals surface area contributed by atoms with Gasteiger partial charge in [-0.2, -0.15) is 0 Å². The Morgan fingerprint density at radius 2 is 1.78 bits per heavy atom. The highest BCUT2D eigenvalue weighted by Crippen LogP contribution is 2.30. The fourth-order valence-electron chi connectivity index (χ4n) is 6.33. The number of piperazine rings is 1. The number of rotatable bonds is 12. The van der Waals surface area contributed by atoms with E-state index in [2.05, 4.69) is 16.9 Å². The van der Waals surface area contributed by atoms with Gasteiger partial charge >= 0.3 is 0 Å². The van der Waals surface area contributed by atoms with Crippen molar-refractivity contribution < 1.29 is 24.3 Å². The number of hydrazine groups is 1. The molecule has 0 unspecified atom stereocenters. The molecule has 0 aliphatic carbocycles. The van der Waals surface area contributed by atoms with Gasteiger partial charge in [-0.1, -0.05) is 60.7 Å². The molecule has 0 spiro atoms. The van der Waals surface area contributed by atoms with E-state index >= 15 is 0 Å². The first kappa shape index (κ1) is 33.6. The van der Waals surface area contributed by atoms with Crippen LogP contribution in [0.3, 0.4) is 0 Å². The molecule has 0 radical (unpaired) electrons. The fraction of sp³-hybridized carbons (Fsp3) is 0.270. The lowest BCUT2D eigenvalue weighted by atomic mass is 9.98. The predicted octanol–water partition coefficient (Wildman–Crippen LogP) is 3.76. The monoisotopic (exact) mass is 678 g/mol. The Hall–Kier alpha value is -5.33. The minimum Gasteiger partial charge on any atom is -0.508 e.